The van der Waals surface area contributed by atoms with Crippen molar-refractivity contribution in [1.29, 1.82) is 0 Å². The summed E-state index contributed by atoms with van der Waals surface area (Å²) in [5, 5.41) is 22.6. The molecule has 246 valence electrons. The van der Waals surface area contributed by atoms with E-state index in [2.05, 4.69) is 16.0 Å². The van der Waals surface area contributed by atoms with Gasteiger partial charge in [0.05, 0.1) is 18.0 Å². The summed E-state index contributed by atoms with van der Waals surface area (Å²) >= 11 is 0. The zero-order valence-electron chi connectivity index (χ0n) is 26.8. The third-order valence-corrected chi connectivity index (χ3v) is 9.35. The van der Waals surface area contributed by atoms with Crippen LogP contribution >= 0.6 is 0 Å². The van der Waals surface area contributed by atoms with Crippen LogP contribution in [0.25, 0.3) is 10.8 Å². The summed E-state index contributed by atoms with van der Waals surface area (Å²) in [5.74, 6) is -0.614. The van der Waals surface area contributed by atoms with Crippen LogP contribution in [0.2, 0.25) is 0 Å². The molecule has 0 fully saturated rings. The van der Waals surface area contributed by atoms with Gasteiger partial charge in [0.1, 0.15) is 5.72 Å². The number of hydrogen-bond acceptors (Lipinski definition) is 7. The van der Waals surface area contributed by atoms with E-state index >= 15 is 0 Å². The van der Waals surface area contributed by atoms with Crippen LogP contribution in [0.5, 0.6) is 0 Å². The van der Waals surface area contributed by atoms with Crippen molar-refractivity contribution in [2.75, 3.05) is 46.4 Å². The Kier molecular flexibility index (Phi) is 13.9. The number of nitrogens with one attached hydrogen (secondary N) is 3. The number of carbonyl (C=O) groups is 2. The summed E-state index contributed by atoms with van der Waals surface area (Å²) in [7, 11) is -2.55. The maximum absolute atomic E-state index is 14.2. The molecule has 0 saturated carbocycles. The number of aliphatic hydroxyl groups is 1. The molecule has 11 heteroatoms. The molecule has 0 radical (unpaired) electrons. The van der Waals surface area contributed by atoms with E-state index in [0.29, 0.717) is 19.7 Å². The van der Waals surface area contributed by atoms with Crippen LogP contribution in [0, 0.1) is 11.8 Å². The summed E-state index contributed by atoms with van der Waals surface area (Å²) < 4.78 is 34.6. The molecule has 0 aromatic heterocycles. The largest absolute Gasteiger partial charge is 0.383 e. The van der Waals surface area contributed by atoms with Gasteiger partial charge in [-0.1, -0.05) is 81.4 Å². The number of amides is 2. The summed E-state index contributed by atoms with van der Waals surface area (Å²) in [6, 6.07) is 21.8. The second-order valence-electron chi connectivity index (χ2n) is 12.0. The van der Waals surface area contributed by atoms with E-state index < -0.39 is 15.7 Å². The molecule has 0 bridgehead atoms. The molecule has 0 aliphatic heterocycles. The first-order chi connectivity index (χ1) is 21.4. The van der Waals surface area contributed by atoms with Gasteiger partial charge in [-0.05, 0) is 40.3 Å². The van der Waals surface area contributed by atoms with Gasteiger partial charge < -0.3 is 25.8 Å². The lowest BCUT2D eigenvalue weighted by atomic mass is 9.98. The van der Waals surface area contributed by atoms with Gasteiger partial charge >= 0.3 is 0 Å². The maximum atomic E-state index is 14.2. The first kappa shape index (κ1) is 36.1. The topological polar surface area (TPSA) is 137 Å². The van der Waals surface area contributed by atoms with Gasteiger partial charge in [0.15, 0.2) is 0 Å². The molecule has 10 nitrogen and oxygen atoms in total. The van der Waals surface area contributed by atoms with Crippen LogP contribution in [-0.4, -0.2) is 81.8 Å². The highest BCUT2D eigenvalue weighted by atomic mass is 32.2. The summed E-state index contributed by atoms with van der Waals surface area (Å²) in [5.41, 5.74) is -1.05. The lowest BCUT2D eigenvalue weighted by Gasteiger charge is -2.40. The Labute approximate surface area is 267 Å². The van der Waals surface area contributed by atoms with E-state index in [1.54, 1.807) is 25.3 Å². The van der Waals surface area contributed by atoms with Crippen LogP contribution in [0.4, 0.5) is 0 Å². The fraction of sp³-hybridized carbons (Fsp3) is 0.471. The average molecular weight is 641 g/mol. The molecule has 45 heavy (non-hydrogen) atoms. The molecule has 0 spiro atoms. The molecule has 2 unspecified atom stereocenters. The Balaban J connectivity index is 1.74. The fourth-order valence-electron chi connectivity index (χ4n) is 5.09. The molecule has 0 aliphatic carbocycles. The van der Waals surface area contributed by atoms with Crippen molar-refractivity contribution >= 4 is 32.6 Å². The van der Waals surface area contributed by atoms with Gasteiger partial charge in [-0.25, -0.2) is 8.42 Å². The average Bonchev–Trinajstić information content (AvgIpc) is 3.01. The lowest BCUT2D eigenvalue weighted by molar-refractivity contribution is -0.124. The van der Waals surface area contributed by atoms with Gasteiger partial charge in [0.2, 0.25) is 21.8 Å². The van der Waals surface area contributed by atoms with Gasteiger partial charge in [-0.15, -0.1) is 0 Å². The summed E-state index contributed by atoms with van der Waals surface area (Å²) in [4.78, 5) is 24.9. The Bertz CT molecular complexity index is 1480. The van der Waals surface area contributed by atoms with E-state index in [1.807, 2.05) is 75.4 Å². The minimum atomic E-state index is -4.14. The molecule has 2 atom stereocenters. The molecule has 3 rings (SSSR count). The molecule has 0 saturated heterocycles. The molecule has 4 N–H and O–H groups in total. The summed E-state index contributed by atoms with van der Waals surface area (Å²) in [6.07, 6.45) is 0.190. The van der Waals surface area contributed by atoms with E-state index in [0.717, 1.165) is 16.3 Å². The SMILES string of the molecule is COCCNCC(=O)NCC(C)CC(=O)NCCC(O)(Cc1ccccc1)N(CC(C)C)S(=O)(=O)c1ccc2ccccc2c1. The predicted molar refractivity (Wildman–Crippen MR) is 177 cm³/mol. The number of ether oxygens (including phenoxy) is 1. The van der Waals surface area contributed by atoms with E-state index in [-0.39, 0.29) is 67.4 Å². The fourth-order valence-corrected chi connectivity index (χ4v) is 6.96. The predicted octanol–water partition coefficient (Wildman–Crippen LogP) is 3.30. The zero-order chi connectivity index (χ0) is 32.9. The van der Waals surface area contributed by atoms with Gasteiger partial charge in [0.25, 0.3) is 0 Å². The van der Waals surface area contributed by atoms with Crippen LogP contribution in [0.3, 0.4) is 0 Å². The molecule has 2 amide bonds. The Morgan fingerprint density at radius 1 is 0.911 bits per heavy atom. The quantitative estimate of drug-likeness (QED) is 0.117. The van der Waals surface area contributed by atoms with Crippen LogP contribution in [-0.2, 0) is 30.8 Å². The Hall–Kier alpha value is -3.35. The molecular weight excluding hydrogens is 592 g/mol. The van der Waals surface area contributed by atoms with Gasteiger partial charge in [-0.3, -0.25) is 9.59 Å². The normalized spacial score (nSPS) is 13.9. The maximum Gasteiger partial charge on any atom is 0.245 e. The third-order valence-electron chi connectivity index (χ3n) is 7.43. The smallest absolute Gasteiger partial charge is 0.245 e. The second-order valence-corrected chi connectivity index (χ2v) is 13.8. The molecule has 3 aromatic rings. The van der Waals surface area contributed by atoms with Crippen LogP contribution in [0.15, 0.2) is 77.7 Å². The van der Waals surface area contributed by atoms with Gasteiger partial charge in [0, 0.05) is 52.6 Å². The number of hydrogen-bond donors (Lipinski definition) is 4. The number of sulfonamides is 1. The van der Waals surface area contributed by atoms with Crippen molar-refractivity contribution < 1.29 is 27.9 Å². The third kappa shape index (κ3) is 11.2. The minimum absolute atomic E-state index is 0.0224. The van der Waals surface area contributed by atoms with Crippen molar-refractivity contribution in [1.82, 2.24) is 20.3 Å². The number of benzene rings is 3. The Morgan fingerprint density at radius 2 is 1.60 bits per heavy atom. The molecular formula is C34H48N4O6S. The minimum Gasteiger partial charge on any atom is -0.383 e. The highest BCUT2D eigenvalue weighted by molar-refractivity contribution is 7.89. The highest BCUT2D eigenvalue weighted by Crippen LogP contribution is 2.31. The monoisotopic (exact) mass is 640 g/mol. The molecule has 0 aliphatic rings. The Morgan fingerprint density at radius 3 is 2.29 bits per heavy atom. The molecule has 0 heterocycles. The van der Waals surface area contributed by atoms with E-state index in [9.17, 15) is 23.1 Å². The van der Waals surface area contributed by atoms with Crippen molar-refractivity contribution in [2.24, 2.45) is 11.8 Å². The van der Waals surface area contributed by atoms with Crippen LogP contribution < -0.4 is 16.0 Å². The second kappa shape index (κ2) is 17.4. The van der Waals surface area contributed by atoms with E-state index in [1.165, 1.54) is 4.31 Å². The van der Waals surface area contributed by atoms with Crippen molar-refractivity contribution in [2.45, 2.75) is 50.7 Å². The first-order valence-electron chi connectivity index (χ1n) is 15.5. The number of carbonyl (C=O) groups excluding carboxylic acids is 2. The van der Waals surface area contributed by atoms with E-state index in [4.69, 9.17) is 4.74 Å². The summed E-state index contributed by atoms with van der Waals surface area (Å²) in [6.45, 7) is 7.40. The zero-order valence-corrected chi connectivity index (χ0v) is 27.6. The number of methoxy groups -OCH3 is 1. The number of rotatable bonds is 19. The van der Waals surface area contributed by atoms with Crippen molar-refractivity contribution in [3.05, 3.63) is 78.4 Å². The van der Waals surface area contributed by atoms with Crippen molar-refractivity contribution in [3.63, 3.8) is 0 Å². The van der Waals surface area contributed by atoms with Gasteiger partial charge in [-0.2, -0.15) is 4.31 Å². The number of fused-ring (bicyclic) bond motifs is 1. The standard InChI is InChI=1S/C34H48N4O6S/c1-26(2)25-38(45(42,43)31-15-14-29-12-8-9-13-30(29)21-31)34(41,22-28-10-6-5-7-11-28)16-17-36-32(39)20-27(3)23-37-33(40)24-35-18-19-44-4/h5-15,21,26-27,35,41H,16-20,22-25H2,1-4H3,(H,36,39)(H,37,40). The highest BCUT2D eigenvalue weighted by Gasteiger charge is 2.43. The molecule has 3 aromatic carbocycles. The number of nitrogens with zero attached hydrogens (tertiary/aromatic N) is 1. The van der Waals surface area contributed by atoms with Crippen molar-refractivity contribution in [3.8, 4) is 0 Å². The first-order valence-corrected chi connectivity index (χ1v) is 16.9. The lowest BCUT2D eigenvalue weighted by Crippen LogP contribution is -2.55. The van der Waals surface area contributed by atoms with Crippen LogP contribution in [0.1, 0.15) is 39.2 Å².